The second-order valence-corrected chi connectivity index (χ2v) is 4.87. The van der Waals surface area contributed by atoms with E-state index in [9.17, 15) is 0 Å². The van der Waals surface area contributed by atoms with Crippen molar-refractivity contribution >= 4 is 5.96 Å². The SMILES string of the molecule is CN=C(NCCCOC)NCCC(C)c1ccccc1. The van der Waals surface area contributed by atoms with Crippen molar-refractivity contribution in [1.29, 1.82) is 0 Å². The maximum absolute atomic E-state index is 5.02. The monoisotopic (exact) mass is 277 g/mol. The number of guanidine groups is 1. The smallest absolute Gasteiger partial charge is 0.190 e. The van der Waals surface area contributed by atoms with Crippen molar-refractivity contribution < 1.29 is 4.74 Å². The Balaban J connectivity index is 2.21. The molecular formula is C16H27N3O. The highest BCUT2D eigenvalue weighted by atomic mass is 16.5. The molecule has 0 aliphatic rings. The summed E-state index contributed by atoms with van der Waals surface area (Å²) in [5.41, 5.74) is 1.39. The van der Waals surface area contributed by atoms with Gasteiger partial charge < -0.3 is 15.4 Å². The number of rotatable bonds is 8. The lowest BCUT2D eigenvalue weighted by molar-refractivity contribution is 0.195. The van der Waals surface area contributed by atoms with Crippen LogP contribution in [0.5, 0.6) is 0 Å². The minimum Gasteiger partial charge on any atom is -0.385 e. The molecule has 20 heavy (non-hydrogen) atoms. The highest BCUT2D eigenvalue weighted by Gasteiger charge is 2.05. The van der Waals surface area contributed by atoms with Crippen LogP contribution in [0.3, 0.4) is 0 Å². The highest BCUT2D eigenvalue weighted by molar-refractivity contribution is 5.79. The third-order valence-electron chi connectivity index (χ3n) is 3.28. The number of benzene rings is 1. The molecule has 0 spiro atoms. The fraction of sp³-hybridized carbons (Fsp3) is 0.562. The fourth-order valence-electron chi connectivity index (χ4n) is 2.00. The number of nitrogens with one attached hydrogen (secondary N) is 2. The lowest BCUT2D eigenvalue weighted by Crippen LogP contribution is -2.38. The van der Waals surface area contributed by atoms with Crippen LogP contribution in [0.25, 0.3) is 0 Å². The van der Waals surface area contributed by atoms with Crippen LogP contribution in [0.1, 0.15) is 31.2 Å². The van der Waals surface area contributed by atoms with Gasteiger partial charge in [-0.25, -0.2) is 0 Å². The second-order valence-electron chi connectivity index (χ2n) is 4.87. The standard InChI is InChI=1S/C16H27N3O/c1-14(15-8-5-4-6-9-15)10-12-19-16(17-2)18-11-7-13-20-3/h4-6,8-9,14H,7,10-13H2,1-3H3,(H2,17,18,19). The Bertz CT molecular complexity index is 379. The molecule has 1 rings (SSSR count). The molecule has 1 atom stereocenters. The molecule has 1 unspecified atom stereocenters. The Labute approximate surface area is 122 Å². The number of aliphatic imine (C=N–C) groups is 1. The van der Waals surface area contributed by atoms with E-state index in [1.54, 1.807) is 14.2 Å². The Kier molecular flexibility index (Phi) is 8.47. The van der Waals surface area contributed by atoms with Crippen LogP contribution in [0.4, 0.5) is 0 Å². The van der Waals surface area contributed by atoms with E-state index in [1.807, 2.05) is 0 Å². The largest absolute Gasteiger partial charge is 0.385 e. The summed E-state index contributed by atoms with van der Waals surface area (Å²) < 4.78 is 5.02. The van der Waals surface area contributed by atoms with E-state index in [0.717, 1.165) is 38.5 Å². The van der Waals surface area contributed by atoms with Crippen LogP contribution >= 0.6 is 0 Å². The number of nitrogens with zero attached hydrogens (tertiary/aromatic N) is 1. The van der Waals surface area contributed by atoms with Crippen molar-refractivity contribution in [2.45, 2.75) is 25.7 Å². The third kappa shape index (κ3) is 6.57. The number of methoxy groups -OCH3 is 1. The minimum absolute atomic E-state index is 0.551. The molecule has 4 nitrogen and oxygen atoms in total. The van der Waals surface area contributed by atoms with Crippen LogP contribution in [0.15, 0.2) is 35.3 Å². The average Bonchev–Trinajstić information content (AvgIpc) is 2.50. The Morgan fingerprint density at radius 3 is 2.55 bits per heavy atom. The minimum atomic E-state index is 0.551. The van der Waals surface area contributed by atoms with Gasteiger partial charge in [0.15, 0.2) is 5.96 Å². The van der Waals surface area contributed by atoms with Gasteiger partial charge in [0.1, 0.15) is 0 Å². The van der Waals surface area contributed by atoms with Crippen molar-refractivity contribution in [1.82, 2.24) is 10.6 Å². The lowest BCUT2D eigenvalue weighted by Gasteiger charge is -2.15. The van der Waals surface area contributed by atoms with Crippen LogP contribution < -0.4 is 10.6 Å². The second kappa shape index (κ2) is 10.3. The van der Waals surface area contributed by atoms with Gasteiger partial charge in [0.05, 0.1) is 0 Å². The Morgan fingerprint density at radius 1 is 1.20 bits per heavy atom. The molecule has 1 aromatic rings. The zero-order valence-corrected chi connectivity index (χ0v) is 12.9. The summed E-state index contributed by atoms with van der Waals surface area (Å²) in [7, 11) is 3.52. The Hall–Kier alpha value is -1.55. The van der Waals surface area contributed by atoms with E-state index in [0.29, 0.717) is 5.92 Å². The van der Waals surface area contributed by atoms with Crippen molar-refractivity contribution in [3.63, 3.8) is 0 Å². The molecule has 0 bridgehead atoms. The number of hydrogen-bond donors (Lipinski definition) is 2. The molecule has 0 aliphatic carbocycles. The van der Waals surface area contributed by atoms with E-state index in [4.69, 9.17) is 4.74 Å². The van der Waals surface area contributed by atoms with E-state index in [2.05, 4.69) is 52.9 Å². The van der Waals surface area contributed by atoms with Crippen molar-refractivity contribution in [3.05, 3.63) is 35.9 Å². The normalized spacial score (nSPS) is 13.1. The quantitative estimate of drug-likeness (QED) is 0.436. The molecule has 112 valence electrons. The van der Waals surface area contributed by atoms with Crippen molar-refractivity contribution in [2.75, 3.05) is 33.9 Å². The predicted octanol–water partition coefficient (Wildman–Crippen LogP) is 2.38. The van der Waals surface area contributed by atoms with E-state index >= 15 is 0 Å². The molecule has 0 aromatic heterocycles. The molecule has 0 aliphatic heterocycles. The number of hydrogen-bond acceptors (Lipinski definition) is 2. The van der Waals surface area contributed by atoms with Crippen LogP contribution in [0.2, 0.25) is 0 Å². The molecule has 0 amide bonds. The van der Waals surface area contributed by atoms with Gasteiger partial charge in [-0.05, 0) is 24.3 Å². The first-order valence-corrected chi connectivity index (χ1v) is 7.26. The lowest BCUT2D eigenvalue weighted by atomic mass is 9.98. The summed E-state index contributed by atoms with van der Waals surface area (Å²) >= 11 is 0. The molecule has 1 aromatic carbocycles. The van der Waals surface area contributed by atoms with Gasteiger partial charge in [-0.1, -0.05) is 37.3 Å². The first kappa shape index (κ1) is 16.5. The molecule has 0 heterocycles. The summed E-state index contributed by atoms with van der Waals surface area (Å²) in [4.78, 5) is 4.21. The molecule has 0 radical (unpaired) electrons. The zero-order valence-electron chi connectivity index (χ0n) is 12.9. The summed E-state index contributed by atoms with van der Waals surface area (Å²) in [5, 5.41) is 6.62. The topological polar surface area (TPSA) is 45.7 Å². The molecule has 2 N–H and O–H groups in total. The van der Waals surface area contributed by atoms with Gasteiger partial charge in [0.25, 0.3) is 0 Å². The average molecular weight is 277 g/mol. The van der Waals surface area contributed by atoms with E-state index in [-0.39, 0.29) is 0 Å². The summed E-state index contributed by atoms with van der Waals surface area (Å²) in [6, 6.07) is 10.6. The number of ether oxygens (including phenoxy) is 1. The summed E-state index contributed by atoms with van der Waals surface area (Å²) in [5.74, 6) is 1.41. The van der Waals surface area contributed by atoms with Gasteiger partial charge in [-0.15, -0.1) is 0 Å². The van der Waals surface area contributed by atoms with Crippen molar-refractivity contribution in [3.8, 4) is 0 Å². The fourth-order valence-corrected chi connectivity index (χ4v) is 2.00. The van der Waals surface area contributed by atoms with Gasteiger partial charge in [-0.2, -0.15) is 0 Å². The molecule has 0 saturated heterocycles. The Morgan fingerprint density at radius 2 is 1.90 bits per heavy atom. The first-order valence-electron chi connectivity index (χ1n) is 7.26. The van der Waals surface area contributed by atoms with Gasteiger partial charge >= 0.3 is 0 Å². The van der Waals surface area contributed by atoms with Crippen LogP contribution in [-0.2, 0) is 4.74 Å². The predicted molar refractivity (Wildman–Crippen MR) is 85.3 cm³/mol. The summed E-state index contributed by atoms with van der Waals surface area (Å²) in [6.45, 7) is 4.82. The molecule has 0 saturated carbocycles. The first-order chi connectivity index (χ1) is 9.77. The van der Waals surface area contributed by atoms with Gasteiger partial charge in [0, 0.05) is 33.9 Å². The molecule has 0 fully saturated rings. The maximum Gasteiger partial charge on any atom is 0.190 e. The van der Waals surface area contributed by atoms with E-state index < -0.39 is 0 Å². The highest BCUT2D eigenvalue weighted by Crippen LogP contribution is 2.17. The van der Waals surface area contributed by atoms with E-state index in [1.165, 1.54) is 5.56 Å². The molecule has 4 heteroatoms. The van der Waals surface area contributed by atoms with Crippen molar-refractivity contribution in [2.24, 2.45) is 4.99 Å². The maximum atomic E-state index is 5.02. The van der Waals surface area contributed by atoms with Crippen LogP contribution in [-0.4, -0.2) is 39.8 Å². The third-order valence-corrected chi connectivity index (χ3v) is 3.28. The van der Waals surface area contributed by atoms with Gasteiger partial charge in [-0.3, -0.25) is 4.99 Å². The summed E-state index contributed by atoms with van der Waals surface area (Å²) in [6.07, 6.45) is 2.07. The van der Waals surface area contributed by atoms with Crippen LogP contribution in [0, 0.1) is 0 Å². The molecular weight excluding hydrogens is 250 g/mol. The van der Waals surface area contributed by atoms with Gasteiger partial charge in [0.2, 0.25) is 0 Å². The zero-order chi connectivity index (χ0) is 14.6.